The van der Waals surface area contributed by atoms with E-state index in [0.29, 0.717) is 13.0 Å². The van der Waals surface area contributed by atoms with E-state index in [1.54, 1.807) is 0 Å². The van der Waals surface area contributed by atoms with E-state index in [0.717, 1.165) is 25.7 Å². The molecule has 0 heterocycles. The molecule has 0 unspecified atom stereocenters. The Hall–Kier alpha value is -0.570. The Morgan fingerprint density at radius 2 is 1.29 bits per heavy atom. The van der Waals surface area contributed by atoms with Gasteiger partial charge in [-0.3, -0.25) is 4.79 Å². The minimum absolute atomic E-state index is 0.0798. The number of unbranched alkanes of at least 4 members (excludes halogenated alkanes) is 11. The van der Waals surface area contributed by atoms with Crippen LogP contribution in [0.4, 0.5) is 0 Å². The predicted molar refractivity (Wildman–Crippen MR) is 88.4 cm³/mol. The summed E-state index contributed by atoms with van der Waals surface area (Å²) in [6.07, 6.45) is 16.0. The number of hydrogen-bond acceptors (Lipinski definition) is 3. The molecule has 0 radical (unpaired) electrons. The Morgan fingerprint density at radius 3 is 1.86 bits per heavy atom. The van der Waals surface area contributed by atoms with Gasteiger partial charge in [0.05, 0.1) is 6.61 Å². The fourth-order valence-electron chi connectivity index (χ4n) is 2.41. The lowest BCUT2D eigenvalue weighted by Gasteiger charge is -2.05. The van der Waals surface area contributed by atoms with E-state index in [9.17, 15) is 4.79 Å². The van der Waals surface area contributed by atoms with Gasteiger partial charge in [-0.2, -0.15) is 0 Å². The number of aliphatic hydroxyl groups is 1. The third-order valence-corrected chi connectivity index (χ3v) is 3.80. The maximum Gasteiger partial charge on any atom is 0.305 e. The summed E-state index contributed by atoms with van der Waals surface area (Å²) in [5.74, 6) is -0.0798. The molecule has 0 rings (SSSR count). The zero-order valence-electron chi connectivity index (χ0n) is 14.1. The molecule has 0 aromatic heterocycles. The van der Waals surface area contributed by atoms with Crippen molar-refractivity contribution in [2.45, 2.75) is 96.8 Å². The molecule has 0 atom stereocenters. The molecule has 3 heteroatoms. The maximum absolute atomic E-state index is 11.4. The quantitative estimate of drug-likeness (QED) is 0.322. The van der Waals surface area contributed by atoms with Crippen molar-refractivity contribution in [1.82, 2.24) is 0 Å². The van der Waals surface area contributed by atoms with Gasteiger partial charge in [0, 0.05) is 13.0 Å². The third kappa shape index (κ3) is 17.4. The average Bonchev–Trinajstić information content (AvgIpc) is 2.49. The van der Waals surface area contributed by atoms with Crippen LogP contribution in [-0.2, 0) is 9.53 Å². The van der Waals surface area contributed by atoms with Gasteiger partial charge in [-0.05, 0) is 19.3 Å². The molecule has 0 aliphatic carbocycles. The molecule has 0 aromatic carbocycles. The smallest absolute Gasteiger partial charge is 0.305 e. The van der Waals surface area contributed by atoms with Crippen LogP contribution in [0, 0.1) is 0 Å². The SMILES string of the molecule is CCCCCCCCCCCCOC(=O)CCCCCO. The molecule has 126 valence electrons. The van der Waals surface area contributed by atoms with Gasteiger partial charge in [0.25, 0.3) is 0 Å². The van der Waals surface area contributed by atoms with Crippen molar-refractivity contribution < 1.29 is 14.6 Å². The largest absolute Gasteiger partial charge is 0.466 e. The predicted octanol–water partition coefficient (Wildman–Crippen LogP) is 5.00. The first-order valence-electron chi connectivity index (χ1n) is 9.07. The Balaban J connectivity index is 3.09. The van der Waals surface area contributed by atoms with Crippen LogP contribution in [0.3, 0.4) is 0 Å². The monoisotopic (exact) mass is 300 g/mol. The summed E-state index contributed by atoms with van der Waals surface area (Å²) < 4.78 is 5.19. The summed E-state index contributed by atoms with van der Waals surface area (Å²) in [6, 6.07) is 0. The number of aliphatic hydroxyl groups excluding tert-OH is 1. The van der Waals surface area contributed by atoms with Crippen molar-refractivity contribution in [3.63, 3.8) is 0 Å². The van der Waals surface area contributed by atoms with Crippen molar-refractivity contribution in [1.29, 1.82) is 0 Å². The van der Waals surface area contributed by atoms with E-state index in [2.05, 4.69) is 6.92 Å². The number of hydrogen-bond donors (Lipinski definition) is 1. The molecule has 0 aliphatic heterocycles. The van der Waals surface area contributed by atoms with Crippen LogP contribution in [0.1, 0.15) is 96.8 Å². The van der Waals surface area contributed by atoms with Crippen LogP contribution in [0.2, 0.25) is 0 Å². The highest BCUT2D eigenvalue weighted by molar-refractivity contribution is 5.69. The lowest BCUT2D eigenvalue weighted by Crippen LogP contribution is -2.05. The second-order valence-corrected chi connectivity index (χ2v) is 5.94. The number of rotatable bonds is 16. The number of esters is 1. The zero-order valence-corrected chi connectivity index (χ0v) is 14.1. The normalized spacial score (nSPS) is 10.8. The van der Waals surface area contributed by atoms with E-state index < -0.39 is 0 Å². The molecule has 0 spiro atoms. The van der Waals surface area contributed by atoms with Crippen molar-refractivity contribution in [2.24, 2.45) is 0 Å². The van der Waals surface area contributed by atoms with Crippen LogP contribution < -0.4 is 0 Å². The molecule has 0 saturated carbocycles. The van der Waals surface area contributed by atoms with Crippen LogP contribution in [0.5, 0.6) is 0 Å². The molecule has 0 fully saturated rings. The van der Waals surface area contributed by atoms with Gasteiger partial charge in [0.1, 0.15) is 0 Å². The van der Waals surface area contributed by atoms with Crippen molar-refractivity contribution >= 4 is 5.97 Å². The second kappa shape index (κ2) is 17.5. The lowest BCUT2D eigenvalue weighted by atomic mass is 10.1. The van der Waals surface area contributed by atoms with Crippen LogP contribution in [-0.4, -0.2) is 24.3 Å². The van der Waals surface area contributed by atoms with Gasteiger partial charge >= 0.3 is 5.97 Å². The highest BCUT2D eigenvalue weighted by Gasteiger charge is 2.02. The standard InChI is InChI=1S/C18H36O3/c1-2-3-4-5-6-7-8-9-10-14-17-21-18(20)15-12-11-13-16-19/h19H,2-17H2,1H3. The minimum atomic E-state index is -0.0798. The first-order valence-corrected chi connectivity index (χ1v) is 9.07. The Morgan fingerprint density at radius 1 is 0.762 bits per heavy atom. The van der Waals surface area contributed by atoms with Crippen LogP contribution in [0.25, 0.3) is 0 Å². The van der Waals surface area contributed by atoms with Gasteiger partial charge in [-0.15, -0.1) is 0 Å². The fourth-order valence-corrected chi connectivity index (χ4v) is 2.41. The molecule has 0 amide bonds. The lowest BCUT2D eigenvalue weighted by molar-refractivity contribution is -0.143. The maximum atomic E-state index is 11.4. The first-order chi connectivity index (χ1) is 10.3. The summed E-state index contributed by atoms with van der Waals surface area (Å²) in [5.41, 5.74) is 0. The minimum Gasteiger partial charge on any atom is -0.466 e. The summed E-state index contributed by atoms with van der Waals surface area (Å²) in [5, 5.41) is 8.63. The summed E-state index contributed by atoms with van der Waals surface area (Å²) in [6.45, 7) is 3.05. The van der Waals surface area contributed by atoms with Gasteiger partial charge in [-0.1, -0.05) is 71.1 Å². The van der Waals surface area contributed by atoms with Gasteiger partial charge in [0.15, 0.2) is 0 Å². The summed E-state index contributed by atoms with van der Waals surface area (Å²) in [4.78, 5) is 11.4. The molecule has 0 aromatic rings. The Labute approximate surface area is 131 Å². The Bertz CT molecular complexity index is 217. The van der Waals surface area contributed by atoms with Crippen LogP contribution in [0.15, 0.2) is 0 Å². The third-order valence-electron chi connectivity index (χ3n) is 3.80. The van der Waals surface area contributed by atoms with E-state index in [-0.39, 0.29) is 12.6 Å². The van der Waals surface area contributed by atoms with Crippen molar-refractivity contribution in [3.8, 4) is 0 Å². The Kier molecular flexibility index (Phi) is 17.0. The highest BCUT2D eigenvalue weighted by Crippen LogP contribution is 2.10. The van der Waals surface area contributed by atoms with Crippen LogP contribution >= 0.6 is 0 Å². The number of carbonyl (C=O) groups is 1. The molecular formula is C18H36O3. The molecule has 1 N–H and O–H groups in total. The van der Waals surface area contributed by atoms with Crippen molar-refractivity contribution in [3.05, 3.63) is 0 Å². The molecule has 3 nitrogen and oxygen atoms in total. The van der Waals surface area contributed by atoms with Gasteiger partial charge in [0.2, 0.25) is 0 Å². The number of carbonyl (C=O) groups excluding carboxylic acids is 1. The fraction of sp³-hybridized carbons (Fsp3) is 0.944. The number of ether oxygens (including phenoxy) is 1. The van der Waals surface area contributed by atoms with Gasteiger partial charge < -0.3 is 9.84 Å². The van der Waals surface area contributed by atoms with E-state index in [1.165, 1.54) is 57.8 Å². The van der Waals surface area contributed by atoms with E-state index in [1.807, 2.05) is 0 Å². The van der Waals surface area contributed by atoms with Crippen molar-refractivity contribution in [2.75, 3.05) is 13.2 Å². The second-order valence-electron chi connectivity index (χ2n) is 5.94. The molecule has 0 bridgehead atoms. The molecular weight excluding hydrogens is 264 g/mol. The van der Waals surface area contributed by atoms with E-state index >= 15 is 0 Å². The molecule has 0 saturated heterocycles. The van der Waals surface area contributed by atoms with E-state index in [4.69, 9.17) is 9.84 Å². The highest BCUT2D eigenvalue weighted by atomic mass is 16.5. The molecule has 0 aliphatic rings. The summed E-state index contributed by atoms with van der Waals surface area (Å²) >= 11 is 0. The first kappa shape index (κ1) is 20.4. The average molecular weight is 300 g/mol. The zero-order chi connectivity index (χ0) is 15.6. The topological polar surface area (TPSA) is 46.5 Å². The summed E-state index contributed by atoms with van der Waals surface area (Å²) in [7, 11) is 0. The van der Waals surface area contributed by atoms with Gasteiger partial charge in [-0.25, -0.2) is 0 Å². The molecule has 21 heavy (non-hydrogen) atoms.